The minimum Gasteiger partial charge on any atom is -0.395 e. The lowest BCUT2D eigenvalue weighted by Crippen LogP contribution is -2.20. The molecule has 0 aliphatic carbocycles. The van der Waals surface area contributed by atoms with Gasteiger partial charge < -0.3 is 18.6 Å². The van der Waals surface area contributed by atoms with Crippen LogP contribution in [0.3, 0.4) is 0 Å². The van der Waals surface area contributed by atoms with E-state index in [9.17, 15) is 4.79 Å². The van der Waals surface area contributed by atoms with Crippen molar-refractivity contribution in [1.29, 1.82) is 0 Å². The van der Waals surface area contributed by atoms with Gasteiger partial charge in [0.05, 0.1) is 11.0 Å². The Labute approximate surface area is 176 Å². The molecule has 0 fully saturated rings. The number of aromatic nitrogens is 2. The predicted molar refractivity (Wildman–Crippen MR) is 121 cm³/mol. The number of ether oxygens (including phenoxy) is 2. The summed E-state index contributed by atoms with van der Waals surface area (Å²) in [5, 5.41) is 2.19. The summed E-state index contributed by atoms with van der Waals surface area (Å²) < 4.78 is 15.3. The molecule has 0 unspecified atom stereocenters. The fourth-order valence-electron chi connectivity index (χ4n) is 3.73. The topological polar surface area (TPSA) is 45.4 Å². The van der Waals surface area contributed by atoms with E-state index in [1.165, 1.54) is 0 Å². The zero-order chi connectivity index (χ0) is 21.7. The maximum absolute atomic E-state index is 12.4. The van der Waals surface area contributed by atoms with Crippen LogP contribution in [-0.2, 0) is 11.1 Å². The van der Waals surface area contributed by atoms with Gasteiger partial charge in [-0.15, -0.1) is 0 Å². The van der Waals surface area contributed by atoms with Crippen molar-refractivity contribution in [2.75, 3.05) is 0 Å². The summed E-state index contributed by atoms with van der Waals surface area (Å²) in [5.41, 5.74) is 1.88. The Balaban J connectivity index is 1.56. The van der Waals surface area contributed by atoms with Gasteiger partial charge in [0.1, 0.15) is 11.5 Å². The normalized spacial score (nSPS) is 12.5. The monoisotopic (exact) mass is 404 g/mol. The van der Waals surface area contributed by atoms with Crippen LogP contribution in [0.15, 0.2) is 60.9 Å². The Kier molecular flexibility index (Phi) is 4.64. The second-order valence-corrected chi connectivity index (χ2v) is 9.61. The number of carbonyl (C=O) groups excluding carboxylic acids is 1. The van der Waals surface area contributed by atoms with E-state index in [0.717, 1.165) is 21.8 Å². The molecule has 0 saturated carbocycles. The lowest BCUT2D eigenvalue weighted by Gasteiger charge is -2.23. The molecule has 5 heteroatoms. The van der Waals surface area contributed by atoms with Crippen molar-refractivity contribution >= 4 is 28.0 Å². The van der Waals surface area contributed by atoms with E-state index in [0.29, 0.717) is 11.5 Å². The summed E-state index contributed by atoms with van der Waals surface area (Å²) in [6, 6.07) is 15.3. The van der Waals surface area contributed by atoms with E-state index >= 15 is 0 Å². The Morgan fingerprint density at radius 3 is 1.43 bits per heavy atom. The van der Waals surface area contributed by atoms with Gasteiger partial charge in [0, 0.05) is 35.6 Å². The smallest absolute Gasteiger partial charge is 0.395 e. The largest absolute Gasteiger partial charge is 0.519 e. The Hall–Kier alpha value is -3.21. The fourth-order valence-corrected chi connectivity index (χ4v) is 3.73. The quantitative estimate of drug-likeness (QED) is 0.276. The van der Waals surface area contributed by atoms with E-state index < -0.39 is 6.16 Å². The predicted octanol–water partition coefficient (Wildman–Crippen LogP) is 6.68. The maximum atomic E-state index is 12.4. The van der Waals surface area contributed by atoms with Crippen LogP contribution in [0, 0.1) is 0 Å². The van der Waals surface area contributed by atoms with E-state index in [4.69, 9.17) is 9.47 Å². The van der Waals surface area contributed by atoms with Crippen LogP contribution >= 0.6 is 0 Å². The average molecular weight is 405 g/mol. The van der Waals surface area contributed by atoms with Crippen molar-refractivity contribution in [3.63, 3.8) is 0 Å². The molecule has 0 aliphatic heterocycles. The fraction of sp³-hybridized carbons (Fsp3) is 0.320. The van der Waals surface area contributed by atoms with Gasteiger partial charge in [0.2, 0.25) is 0 Å². The van der Waals surface area contributed by atoms with Crippen molar-refractivity contribution in [3.8, 4) is 11.5 Å². The molecular weight excluding hydrogens is 376 g/mol. The van der Waals surface area contributed by atoms with Gasteiger partial charge in [0.25, 0.3) is 0 Å². The summed E-state index contributed by atoms with van der Waals surface area (Å²) in [7, 11) is 0. The molecule has 4 rings (SSSR count). The Morgan fingerprint density at radius 1 is 0.667 bits per heavy atom. The minimum absolute atomic E-state index is 0.0712. The Morgan fingerprint density at radius 2 is 1.07 bits per heavy atom. The molecule has 0 bridgehead atoms. The summed E-state index contributed by atoms with van der Waals surface area (Å²) in [5.74, 6) is 0.909. The molecule has 0 atom stereocenters. The van der Waals surface area contributed by atoms with Crippen LogP contribution in [-0.4, -0.2) is 15.3 Å². The molecule has 0 spiro atoms. The van der Waals surface area contributed by atoms with Gasteiger partial charge in [-0.05, 0) is 88.7 Å². The third-order valence-corrected chi connectivity index (χ3v) is 5.18. The standard InChI is InChI=1S/C25H28N2O3/c1-24(2,3)26-13-11-17-7-9-19(15-21(17)26)29-23(28)30-20-10-8-18-12-14-27(22(18)16-20)25(4,5)6/h7-16H,1-6H3. The highest BCUT2D eigenvalue weighted by Crippen LogP contribution is 2.29. The van der Waals surface area contributed by atoms with Gasteiger partial charge in [-0.2, -0.15) is 0 Å². The second-order valence-electron chi connectivity index (χ2n) is 9.61. The molecule has 2 aromatic carbocycles. The minimum atomic E-state index is -0.753. The van der Waals surface area contributed by atoms with Gasteiger partial charge >= 0.3 is 6.16 Å². The average Bonchev–Trinajstić information content (AvgIpc) is 3.24. The maximum Gasteiger partial charge on any atom is 0.519 e. The number of hydrogen-bond acceptors (Lipinski definition) is 3. The molecule has 156 valence electrons. The first-order valence-corrected chi connectivity index (χ1v) is 10.2. The highest BCUT2D eigenvalue weighted by Gasteiger charge is 2.18. The van der Waals surface area contributed by atoms with Crippen LogP contribution in [0.2, 0.25) is 0 Å². The van der Waals surface area contributed by atoms with E-state index in [1.807, 2.05) is 36.7 Å². The van der Waals surface area contributed by atoms with Crippen molar-refractivity contribution in [3.05, 3.63) is 60.9 Å². The van der Waals surface area contributed by atoms with Crippen molar-refractivity contribution in [2.24, 2.45) is 0 Å². The molecule has 0 amide bonds. The highest BCUT2D eigenvalue weighted by atomic mass is 16.7. The molecule has 2 aromatic heterocycles. The first kappa shape index (κ1) is 20.1. The molecule has 0 radical (unpaired) electrons. The first-order valence-electron chi connectivity index (χ1n) is 10.2. The number of fused-ring (bicyclic) bond motifs is 2. The lowest BCUT2D eigenvalue weighted by molar-refractivity contribution is 0.152. The first-order chi connectivity index (χ1) is 14.0. The second kappa shape index (κ2) is 6.94. The van der Waals surface area contributed by atoms with Crippen LogP contribution in [0.4, 0.5) is 4.79 Å². The Bertz CT molecular complexity index is 1140. The molecule has 30 heavy (non-hydrogen) atoms. The summed E-state index contributed by atoms with van der Waals surface area (Å²) in [6.07, 6.45) is 3.34. The van der Waals surface area contributed by atoms with Crippen molar-refractivity contribution in [1.82, 2.24) is 9.13 Å². The molecular formula is C25H28N2O3. The molecule has 5 nitrogen and oxygen atoms in total. The number of nitrogens with zero attached hydrogens (tertiary/aromatic N) is 2. The number of rotatable bonds is 2. The van der Waals surface area contributed by atoms with Crippen molar-refractivity contribution < 1.29 is 14.3 Å². The summed E-state index contributed by atoms with van der Waals surface area (Å²) >= 11 is 0. The van der Waals surface area contributed by atoms with E-state index in [2.05, 4.69) is 62.8 Å². The van der Waals surface area contributed by atoms with Crippen molar-refractivity contribution in [2.45, 2.75) is 52.6 Å². The number of hydrogen-bond donors (Lipinski definition) is 0. The number of carbonyl (C=O) groups is 1. The van der Waals surface area contributed by atoms with Gasteiger partial charge in [-0.3, -0.25) is 0 Å². The highest BCUT2D eigenvalue weighted by molar-refractivity contribution is 5.84. The van der Waals surface area contributed by atoms with Crippen LogP contribution < -0.4 is 9.47 Å². The van der Waals surface area contributed by atoms with Crippen LogP contribution in [0.1, 0.15) is 41.5 Å². The zero-order valence-corrected chi connectivity index (χ0v) is 18.4. The third kappa shape index (κ3) is 3.80. The zero-order valence-electron chi connectivity index (χ0n) is 18.4. The third-order valence-electron chi connectivity index (χ3n) is 5.18. The number of benzene rings is 2. The van der Waals surface area contributed by atoms with Gasteiger partial charge in [-0.25, -0.2) is 4.79 Å². The van der Waals surface area contributed by atoms with E-state index in [1.54, 1.807) is 12.1 Å². The van der Waals surface area contributed by atoms with Crippen LogP contribution in [0.25, 0.3) is 21.8 Å². The van der Waals surface area contributed by atoms with Gasteiger partial charge in [0.15, 0.2) is 0 Å². The SMILES string of the molecule is CC(C)(C)n1ccc2ccc(OC(=O)Oc3ccc4ccn(C(C)(C)C)c4c3)cc21. The van der Waals surface area contributed by atoms with Gasteiger partial charge in [-0.1, -0.05) is 0 Å². The molecule has 0 N–H and O–H groups in total. The van der Waals surface area contributed by atoms with E-state index in [-0.39, 0.29) is 11.1 Å². The summed E-state index contributed by atoms with van der Waals surface area (Å²) in [4.78, 5) is 12.4. The molecule has 0 saturated heterocycles. The summed E-state index contributed by atoms with van der Waals surface area (Å²) in [6.45, 7) is 12.8. The lowest BCUT2D eigenvalue weighted by atomic mass is 10.1. The molecule has 0 aliphatic rings. The molecule has 2 heterocycles. The van der Waals surface area contributed by atoms with Crippen LogP contribution in [0.5, 0.6) is 11.5 Å². The molecule has 4 aromatic rings.